The van der Waals surface area contributed by atoms with Gasteiger partial charge in [0.2, 0.25) is 0 Å². The summed E-state index contributed by atoms with van der Waals surface area (Å²) < 4.78 is 13.5. The fraction of sp³-hybridized carbons (Fsp3) is 0.250. The molecule has 0 fully saturated rings. The predicted octanol–water partition coefficient (Wildman–Crippen LogP) is 6.52. The van der Waals surface area contributed by atoms with E-state index in [2.05, 4.69) is 15.9 Å². The van der Waals surface area contributed by atoms with E-state index in [0.717, 1.165) is 50.7 Å². The van der Waals surface area contributed by atoms with Crippen molar-refractivity contribution in [2.75, 3.05) is 25.2 Å². The molecule has 1 amide bonds. The van der Waals surface area contributed by atoms with Gasteiger partial charge in [0.15, 0.2) is 5.16 Å². The van der Waals surface area contributed by atoms with E-state index in [1.807, 2.05) is 79.7 Å². The summed E-state index contributed by atoms with van der Waals surface area (Å²) in [4.78, 5) is 33.0. The first-order valence-corrected chi connectivity index (χ1v) is 16.7. The van der Waals surface area contributed by atoms with Gasteiger partial charge < -0.3 is 9.47 Å². The van der Waals surface area contributed by atoms with E-state index in [4.69, 9.17) is 19.6 Å². The highest BCUT2D eigenvalue weighted by Crippen LogP contribution is 2.35. The Kier molecular flexibility index (Phi) is 8.92. The lowest BCUT2D eigenvalue weighted by molar-refractivity contribution is -0.130. The van der Waals surface area contributed by atoms with Crippen LogP contribution in [0.1, 0.15) is 36.2 Å². The van der Waals surface area contributed by atoms with Crippen molar-refractivity contribution in [3.05, 3.63) is 104 Å². The van der Waals surface area contributed by atoms with Crippen LogP contribution in [0.15, 0.2) is 97.2 Å². The molecule has 6 rings (SSSR count). The van der Waals surface area contributed by atoms with Crippen molar-refractivity contribution in [1.82, 2.24) is 14.6 Å². The monoisotopic (exact) mass is 676 g/mol. The van der Waals surface area contributed by atoms with Gasteiger partial charge in [0.1, 0.15) is 11.5 Å². The summed E-state index contributed by atoms with van der Waals surface area (Å²) in [7, 11) is 1.63. The molecule has 0 N–H and O–H groups in total. The average Bonchev–Trinajstić information content (AvgIpc) is 3.69. The van der Waals surface area contributed by atoms with Crippen LogP contribution >= 0.6 is 39.5 Å². The van der Waals surface area contributed by atoms with Crippen LogP contribution in [0, 0.1) is 0 Å². The standard InChI is InChI=1S/C32H29BrN4O4S2/c1-3-41-25-14-10-23(11-15-25)36-31(39)30-26(16-17-42-30)34-32(36)43-19-29(38)37-28(21-6-12-24(40-2)13-7-21)18-27(35-37)20-4-8-22(33)9-5-20/h4-15,28H,3,16-19H2,1-2H3. The number of hydrazone groups is 1. The molecule has 3 heterocycles. The SMILES string of the molecule is CCOc1ccc(-n2c(SCC(=O)N3N=C(c4ccc(Br)cc4)CC3c3ccc(OC)cc3)nc3c(c2=O)SCC3)cc1. The van der Waals surface area contributed by atoms with E-state index in [1.54, 1.807) is 16.7 Å². The minimum absolute atomic E-state index is 0.0686. The number of thioether (sulfide) groups is 2. The second-order valence-corrected chi connectivity index (χ2v) is 12.9. The summed E-state index contributed by atoms with van der Waals surface area (Å²) >= 11 is 6.29. The van der Waals surface area contributed by atoms with E-state index in [0.29, 0.717) is 28.8 Å². The van der Waals surface area contributed by atoms with Crippen molar-refractivity contribution in [2.45, 2.75) is 35.9 Å². The number of rotatable bonds is 9. The van der Waals surface area contributed by atoms with Gasteiger partial charge >= 0.3 is 0 Å². The number of benzene rings is 3. The number of hydrogen-bond donors (Lipinski definition) is 0. The molecule has 0 bridgehead atoms. The van der Waals surface area contributed by atoms with Gasteiger partial charge in [0.05, 0.1) is 47.5 Å². The molecule has 2 aliphatic heterocycles. The van der Waals surface area contributed by atoms with Crippen LogP contribution in [0.5, 0.6) is 11.5 Å². The third-order valence-electron chi connectivity index (χ3n) is 7.24. The first kappa shape index (κ1) is 29.5. The number of halogens is 1. The Bertz CT molecular complexity index is 1720. The van der Waals surface area contributed by atoms with Gasteiger partial charge in [0, 0.05) is 23.1 Å². The largest absolute Gasteiger partial charge is 0.497 e. The summed E-state index contributed by atoms with van der Waals surface area (Å²) in [6.07, 6.45) is 1.31. The number of aromatic nitrogens is 2. The number of aryl methyl sites for hydroxylation is 1. The highest BCUT2D eigenvalue weighted by molar-refractivity contribution is 9.10. The minimum atomic E-state index is -0.268. The molecule has 43 heavy (non-hydrogen) atoms. The molecule has 3 aromatic carbocycles. The van der Waals surface area contributed by atoms with Crippen molar-refractivity contribution < 1.29 is 14.3 Å². The predicted molar refractivity (Wildman–Crippen MR) is 174 cm³/mol. The van der Waals surface area contributed by atoms with E-state index in [-0.39, 0.29) is 23.3 Å². The maximum absolute atomic E-state index is 13.9. The van der Waals surface area contributed by atoms with E-state index < -0.39 is 0 Å². The van der Waals surface area contributed by atoms with Crippen molar-refractivity contribution in [3.63, 3.8) is 0 Å². The molecule has 1 aromatic heterocycles. The second-order valence-electron chi connectivity index (χ2n) is 9.91. The van der Waals surface area contributed by atoms with Crippen LogP contribution in [-0.2, 0) is 11.2 Å². The van der Waals surface area contributed by atoms with Gasteiger partial charge in [-0.3, -0.25) is 14.2 Å². The number of ether oxygens (including phenoxy) is 2. The van der Waals surface area contributed by atoms with Gasteiger partial charge in [-0.2, -0.15) is 5.10 Å². The van der Waals surface area contributed by atoms with Crippen LogP contribution in [0.3, 0.4) is 0 Å². The van der Waals surface area contributed by atoms with Gasteiger partial charge in [-0.25, -0.2) is 9.99 Å². The third-order valence-corrected chi connectivity index (χ3v) is 9.80. The molecule has 2 aliphatic rings. The Balaban J connectivity index is 1.30. The molecular formula is C32H29BrN4O4S2. The van der Waals surface area contributed by atoms with Crippen LogP contribution in [0.4, 0.5) is 0 Å². The van der Waals surface area contributed by atoms with Gasteiger partial charge in [-0.15, -0.1) is 11.8 Å². The van der Waals surface area contributed by atoms with Gasteiger partial charge in [-0.1, -0.05) is 52.0 Å². The molecule has 1 atom stereocenters. The van der Waals surface area contributed by atoms with Crippen molar-refractivity contribution >= 4 is 51.1 Å². The number of amides is 1. The summed E-state index contributed by atoms with van der Waals surface area (Å²) in [6.45, 7) is 2.48. The Morgan fingerprint density at radius 2 is 1.77 bits per heavy atom. The highest BCUT2D eigenvalue weighted by atomic mass is 79.9. The first-order chi connectivity index (χ1) is 20.9. The second kappa shape index (κ2) is 13.0. The summed E-state index contributed by atoms with van der Waals surface area (Å²) in [5.74, 6) is 2.20. The fourth-order valence-electron chi connectivity index (χ4n) is 5.11. The van der Waals surface area contributed by atoms with Crippen LogP contribution < -0.4 is 15.0 Å². The maximum atomic E-state index is 13.9. The first-order valence-electron chi connectivity index (χ1n) is 13.9. The van der Waals surface area contributed by atoms with Crippen LogP contribution in [-0.4, -0.2) is 51.4 Å². The molecule has 0 radical (unpaired) electrons. The number of fused-ring (bicyclic) bond motifs is 1. The Morgan fingerprint density at radius 1 is 1.05 bits per heavy atom. The Morgan fingerprint density at radius 3 is 2.47 bits per heavy atom. The lowest BCUT2D eigenvalue weighted by Crippen LogP contribution is -2.29. The number of nitrogens with zero attached hydrogens (tertiary/aromatic N) is 4. The quantitative estimate of drug-likeness (QED) is 0.147. The average molecular weight is 678 g/mol. The number of hydrogen-bond acceptors (Lipinski definition) is 8. The zero-order valence-corrected chi connectivity index (χ0v) is 26.9. The fourth-order valence-corrected chi connectivity index (χ4v) is 7.28. The van der Waals surface area contributed by atoms with Gasteiger partial charge in [0.25, 0.3) is 11.5 Å². The number of methoxy groups -OCH3 is 1. The van der Waals surface area contributed by atoms with E-state index >= 15 is 0 Å². The lowest BCUT2D eigenvalue weighted by Gasteiger charge is -2.22. The molecule has 8 nitrogen and oxygen atoms in total. The van der Waals surface area contributed by atoms with Crippen LogP contribution in [0.2, 0.25) is 0 Å². The molecule has 0 saturated carbocycles. The van der Waals surface area contributed by atoms with E-state index in [9.17, 15) is 9.59 Å². The summed E-state index contributed by atoms with van der Waals surface area (Å²) in [5, 5.41) is 6.88. The zero-order chi connectivity index (χ0) is 29.9. The lowest BCUT2D eigenvalue weighted by atomic mass is 9.98. The normalized spacial score (nSPS) is 15.7. The smallest absolute Gasteiger partial charge is 0.272 e. The molecule has 11 heteroatoms. The van der Waals surface area contributed by atoms with Crippen molar-refractivity contribution in [1.29, 1.82) is 0 Å². The minimum Gasteiger partial charge on any atom is -0.497 e. The number of carbonyl (C=O) groups is 1. The maximum Gasteiger partial charge on any atom is 0.272 e. The molecular weight excluding hydrogens is 648 g/mol. The highest BCUT2D eigenvalue weighted by Gasteiger charge is 2.33. The van der Waals surface area contributed by atoms with Crippen molar-refractivity contribution in [3.8, 4) is 17.2 Å². The molecule has 0 aliphatic carbocycles. The topological polar surface area (TPSA) is 86.0 Å². The summed E-state index contributed by atoms with van der Waals surface area (Å²) in [5.41, 5.74) is 4.13. The van der Waals surface area contributed by atoms with Crippen molar-refractivity contribution in [2.24, 2.45) is 5.10 Å². The molecule has 4 aromatic rings. The molecule has 0 saturated heterocycles. The van der Waals surface area contributed by atoms with Gasteiger partial charge in [-0.05, 0) is 66.6 Å². The van der Waals surface area contributed by atoms with E-state index in [1.165, 1.54) is 23.5 Å². The van der Waals surface area contributed by atoms with Crippen LogP contribution in [0.25, 0.3) is 5.69 Å². The Labute approximate surface area is 266 Å². The summed E-state index contributed by atoms with van der Waals surface area (Å²) in [6, 6.07) is 22.8. The molecule has 1 unspecified atom stereocenters. The zero-order valence-electron chi connectivity index (χ0n) is 23.7. The molecule has 220 valence electrons. The number of carbonyl (C=O) groups excluding carboxylic acids is 1. The Hall–Kier alpha value is -3.54. The molecule has 0 spiro atoms. The third kappa shape index (κ3) is 6.25.